The summed E-state index contributed by atoms with van der Waals surface area (Å²) in [7, 11) is 0. The van der Waals surface area contributed by atoms with E-state index in [1.54, 1.807) is 16.7 Å². The Morgan fingerprint density at radius 3 is 2.60 bits per heavy atom. The summed E-state index contributed by atoms with van der Waals surface area (Å²) in [5.74, 6) is -0.475. The zero-order valence-corrected chi connectivity index (χ0v) is 13.8. The van der Waals surface area contributed by atoms with Crippen molar-refractivity contribution in [2.24, 2.45) is 0 Å². The Bertz CT molecular complexity index is 897. The Balaban J connectivity index is 1.40. The number of imidazole rings is 1. The van der Waals surface area contributed by atoms with E-state index in [1.165, 1.54) is 30.8 Å². The lowest BCUT2D eigenvalue weighted by atomic mass is 10.2. The highest BCUT2D eigenvalue weighted by Gasteiger charge is 2.12. The maximum absolute atomic E-state index is 13.2. The van der Waals surface area contributed by atoms with Crippen molar-refractivity contribution < 1.29 is 9.18 Å². The molecular weight excluding hydrogens is 319 g/mol. The van der Waals surface area contributed by atoms with Crippen molar-refractivity contribution in [3.05, 3.63) is 60.3 Å². The summed E-state index contributed by atoms with van der Waals surface area (Å²) in [4.78, 5) is 18.9. The molecule has 1 aromatic carbocycles. The van der Waals surface area contributed by atoms with Crippen LogP contribution in [0.1, 0.15) is 18.5 Å². The molecule has 2 aromatic heterocycles. The number of halogens is 1. The molecule has 0 radical (unpaired) electrons. The van der Waals surface area contributed by atoms with Gasteiger partial charge in [-0.3, -0.25) is 4.79 Å². The molecule has 25 heavy (non-hydrogen) atoms. The third-order valence-electron chi connectivity index (χ3n) is 4.43. The van der Waals surface area contributed by atoms with Crippen LogP contribution in [0.2, 0.25) is 0 Å². The van der Waals surface area contributed by atoms with Crippen LogP contribution in [0.25, 0.3) is 5.65 Å². The first kappa shape index (κ1) is 15.6. The molecule has 1 fully saturated rings. The Morgan fingerprint density at radius 2 is 1.84 bits per heavy atom. The minimum Gasteiger partial charge on any atom is -0.372 e. The molecule has 4 rings (SSSR count). The van der Waals surface area contributed by atoms with E-state index in [0.29, 0.717) is 11.3 Å². The van der Waals surface area contributed by atoms with Gasteiger partial charge in [-0.15, -0.1) is 0 Å². The molecular formula is C19H19FN4O. The van der Waals surface area contributed by atoms with E-state index in [4.69, 9.17) is 0 Å². The average molecular weight is 338 g/mol. The monoisotopic (exact) mass is 338 g/mol. The number of benzene rings is 1. The van der Waals surface area contributed by atoms with Crippen LogP contribution in [0.5, 0.6) is 0 Å². The van der Waals surface area contributed by atoms with Crippen molar-refractivity contribution >= 4 is 22.9 Å². The summed E-state index contributed by atoms with van der Waals surface area (Å²) >= 11 is 0. The molecule has 0 unspecified atom stereocenters. The lowest BCUT2D eigenvalue weighted by molar-refractivity contribution is -0.115. The predicted octanol–water partition coefficient (Wildman–Crippen LogP) is 3.25. The van der Waals surface area contributed by atoms with Crippen LogP contribution < -0.4 is 10.2 Å². The standard InChI is InChI=1S/C19H19FN4O/c20-14-3-8-18-21-16(13-24(18)12-14)11-19(25)22-15-4-6-17(7-5-15)23-9-1-2-10-23/h3-8,12-13H,1-2,9-11H2,(H,22,25). The van der Waals surface area contributed by atoms with Gasteiger partial charge in [-0.2, -0.15) is 0 Å². The molecule has 0 atom stereocenters. The molecule has 128 valence electrons. The fraction of sp³-hybridized carbons (Fsp3) is 0.263. The number of aromatic nitrogens is 2. The number of nitrogens with zero attached hydrogens (tertiary/aromatic N) is 3. The molecule has 1 N–H and O–H groups in total. The lowest BCUT2D eigenvalue weighted by Gasteiger charge is -2.17. The predicted molar refractivity (Wildman–Crippen MR) is 95.4 cm³/mol. The van der Waals surface area contributed by atoms with Crippen LogP contribution in [0, 0.1) is 5.82 Å². The number of carbonyl (C=O) groups is 1. The lowest BCUT2D eigenvalue weighted by Crippen LogP contribution is -2.18. The van der Waals surface area contributed by atoms with Gasteiger partial charge in [0.05, 0.1) is 12.1 Å². The van der Waals surface area contributed by atoms with Crippen LogP contribution in [0.4, 0.5) is 15.8 Å². The molecule has 6 heteroatoms. The number of anilines is 2. The summed E-state index contributed by atoms with van der Waals surface area (Å²) in [6, 6.07) is 10.9. The quantitative estimate of drug-likeness (QED) is 0.794. The molecule has 0 saturated carbocycles. The molecule has 0 aliphatic carbocycles. The largest absolute Gasteiger partial charge is 0.372 e. The average Bonchev–Trinajstić information content (AvgIpc) is 3.24. The summed E-state index contributed by atoms with van der Waals surface area (Å²) in [6.07, 6.45) is 5.65. The first-order chi connectivity index (χ1) is 12.2. The number of pyridine rings is 1. The molecule has 1 saturated heterocycles. The molecule has 1 aliphatic rings. The topological polar surface area (TPSA) is 49.6 Å². The Morgan fingerprint density at radius 1 is 1.08 bits per heavy atom. The van der Waals surface area contributed by atoms with E-state index in [2.05, 4.69) is 15.2 Å². The van der Waals surface area contributed by atoms with Crippen molar-refractivity contribution in [1.29, 1.82) is 0 Å². The maximum Gasteiger partial charge on any atom is 0.230 e. The summed E-state index contributed by atoms with van der Waals surface area (Å²) in [5, 5.41) is 2.88. The van der Waals surface area contributed by atoms with Crippen LogP contribution in [-0.2, 0) is 11.2 Å². The van der Waals surface area contributed by atoms with Gasteiger partial charge in [0.1, 0.15) is 11.5 Å². The van der Waals surface area contributed by atoms with Crippen molar-refractivity contribution in [2.45, 2.75) is 19.3 Å². The van der Waals surface area contributed by atoms with Gasteiger partial charge in [-0.1, -0.05) is 0 Å². The summed E-state index contributed by atoms with van der Waals surface area (Å²) < 4.78 is 14.8. The summed E-state index contributed by atoms with van der Waals surface area (Å²) in [6.45, 7) is 2.19. The van der Waals surface area contributed by atoms with Gasteiger partial charge >= 0.3 is 0 Å². The number of nitrogens with one attached hydrogen (secondary N) is 1. The highest BCUT2D eigenvalue weighted by molar-refractivity contribution is 5.92. The van der Waals surface area contributed by atoms with Gasteiger partial charge in [-0.25, -0.2) is 9.37 Å². The van der Waals surface area contributed by atoms with Crippen LogP contribution in [0.3, 0.4) is 0 Å². The highest BCUT2D eigenvalue weighted by atomic mass is 19.1. The number of amides is 1. The van der Waals surface area contributed by atoms with Gasteiger partial charge in [0.25, 0.3) is 0 Å². The van der Waals surface area contributed by atoms with E-state index >= 15 is 0 Å². The smallest absolute Gasteiger partial charge is 0.230 e. The third kappa shape index (κ3) is 3.47. The SMILES string of the molecule is O=C(Cc1cn2cc(F)ccc2n1)Nc1ccc(N2CCCC2)cc1. The second-order valence-electron chi connectivity index (χ2n) is 6.31. The second-order valence-corrected chi connectivity index (χ2v) is 6.31. The number of rotatable bonds is 4. The molecule has 3 aromatic rings. The first-order valence-corrected chi connectivity index (χ1v) is 8.45. The van der Waals surface area contributed by atoms with Crippen LogP contribution in [-0.4, -0.2) is 28.4 Å². The van der Waals surface area contributed by atoms with Gasteiger partial charge in [0.2, 0.25) is 5.91 Å². The van der Waals surface area contributed by atoms with Crippen LogP contribution in [0.15, 0.2) is 48.8 Å². The van der Waals surface area contributed by atoms with Gasteiger partial charge in [0, 0.05) is 36.9 Å². The number of hydrogen-bond acceptors (Lipinski definition) is 3. The number of carbonyl (C=O) groups excluding carboxylic acids is 1. The molecule has 1 amide bonds. The maximum atomic E-state index is 13.2. The minimum absolute atomic E-state index is 0.141. The Kier molecular flexibility index (Phi) is 4.09. The van der Waals surface area contributed by atoms with E-state index in [9.17, 15) is 9.18 Å². The van der Waals surface area contributed by atoms with Gasteiger partial charge in [0.15, 0.2) is 0 Å². The number of fused-ring (bicyclic) bond motifs is 1. The number of hydrogen-bond donors (Lipinski definition) is 1. The van der Waals surface area contributed by atoms with E-state index in [0.717, 1.165) is 18.8 Å². The highest BCUT2D eigenvalue weighted by Crippen LogP contribution is 2.22. The Labute approximate surface area is 145 Å². The fourth-order valence-corrected chi connectivity index (χ4v) is 3.20. The van der Waals surface area contributed by atoms with Crippen molar-refractivity contribution in [3.8, 4) is 0 Å². The fourth-order valence-electron chi connectivity index (χ4n) is 3.20. The molecule has 0 spiro atoms. The molecule has 0 bridgehead atoms. The van der Waals surface area contributed by atoms with E-state index < -0.39 is 0 Å². The summed E-state index contributed by atoms with van der Waals surface area (Å²) in [5.41, 5.74) is 3.19. The van der Waals surface area contributed by atoms with Crippen molar-refractivity contribution in [3.63, 3.8) is 0 Å². The normalized spacial score (nSPS) is 14.2. The molecule has 3 heterocycles. The van der Waals surface area contributed by atoms with Crippen molar-refractivity contribution in [2.75, 3.05) is 23.3 Å². The van der Waals surface area contributed by atoms with Crippen molar-refractivity contribution in [1.82, 2.24) is 9.38 Å². The van der Waals surface area contributed by atoms with E-state index in [-0.39, 0.29) is 18.1 Å². The molecule has 1 aliphatic heterocycles. The minimum atomic E-state index is -0.334. The first-order valence-electron chi connectivity index (χ1n) is 8.45. The Hall–Kier alpha value is -2.89. The molecule has 5 nitrogen and oxygen atoms in total. The van der Waals surface area contributed by atoms with Gasteiger partial charge < -0.3 is 14.6 Å². The van der Waals surface area contributed by atoms with E-state index in [1.807, 2.05) is 24.3 Å². The van der Waals surface area contributed by atoms with Crippen LogP contribution >= 0.6 is 0 Å². The second kappa shape index (κ2) is 6.55. The van der Waals surface area contributed by atoms with Gasteiger partial charge in [-0.05, 0) is 49.2 Å². The zero-order valence-electron chi connectivity index (χ0n) is 13.8. The third-order valence-corrected chi connectivity index (χ3v) is 4.43. The zero-order chi connectivity index (χ0) is 17.2.